The van der Waals surface area contributed by atoms with Crippen LogP contribution in [0.15, 0.2) is 37.1 Å². The number of benzene rings is 1. The van der Waals surface area contributed by atoms with Crippen molar-refractivity contribution in [3.63, 3.8) is 0 Å². The average Bonchev–Trinajstić information content (AvgIpc) is 2.88. The van der Waals surface area contributed by atoms with Crippen molar-refractivity contribution < 1.29 is 18.0 Å². The molecule has 0 aliphatic heterocycles. The molecule has 5 nitrogen and oxygen atoms in total. The molecule has 2 aromatic rings. The molecule has 0 radical (unpaired) electrons. The number of amides is 1. The highest BCUT2D eigenvalue weighted by Crippen LogP contribution is 2.29. The molecule has 9 heteroatoms. The third kappa shape index (κ3) is 3.40. The highest BCUT2D eigenvalue weighted by Gasteiger charge is 2.34. The zero-order chi connectivity index (χ0) is 15.6. The highest BCUT2D eigenvalue weighted by molar-refractivity contribution is 6.32. The van der Waals surface area contributed by atoms with Crippen molar-refractivity contribution in [2.24, 2.45) is 0 Å². The Morgan fingerprint density at radius 1 is 1.43 bits per heavy atom. The van der Waals surface area contributed by atoms with Crippen molar-refractivity contribution in [1.82, 2.24) is 15.0 Å². The summed E-state index contributed by atoms with van der Waals surface area (Å²) >= 11 is 5.97. The summed E-state index contributed by atoms with van der Waals surface area (Å²) in [5.41, 5.74) is -0.538. The Balaban J connectivity index is 2.31. The molecule has 0 atom stereocenters. The second-order valence-corrected chi connectivity index (χ2v) is 4.31. The first-order chi connectivity index (χ1) is 9.81. The van der Waals surface area contributed by atoms with Crippen LogP contribution in [0.3, 0.4) is 0 Å². The summed E-state index contributed by atoms with van der Waals surface area (Å²) in [4.78, 5) is 11.1. The lowest BCUT2D eigenvalue weighted by atomic mass is 10.2. The minimum atomic E-state index is -4.58. The van der Waals surface area contributed by atoms with Crippen molar-refractivity contribution in [1.29, 1.82) is 0 Å². The number of aromatic nitrogens is 3. The van der Waals surface area contributed by atoms with Crippen molar-refractivity contribution in [2.75, 3.05) is 5.32 Å². The SMILES string of the molecule is C=CC(=O)Nc1ccc(-n2cc(C(F)(F)F)nn2)c(Cl)c1. The van der Waals surface area contributed by atoms with E-state index in [-0.39, 0.29) is 10.7 Å². The number of carbonyl (C=O) groups is 1. The number of alkyl halides is 3. The second kappa shape index (κ2) is 5.57. The van der Waals surface area contributed by atoms with Gasteiger partial charge in [0.2, 0.25) is 5.91 Å². The van der Waals surface area contributed by atoms with Crippen LogP contribution in [0.25, 0.3) is 5.69 Å². The summed E-state index contributed by atoms with van der Waals surface area (Å²) in [6, 6.07) is 4.26. The van der Waals surface area contributed by atoms with Gasteiger partial charge >= 0.3 is 6.18 Å². The minimum Gasteiger partial charge on any atom is -0.322 e. The third-order valence-electron chi connectivity index (χ3n) is 2.43. The molecule has 0 aliphatic rings. The van der Waals surface area contributed by atoms with Crippen LogP contribution in [0.5, 0.6) is 0 Å². The fraction of sp³-hybridized carbons (Fsp3) is 0.0833. The summed E-state index contributed by atoms with van der Waals surface area (Å²) in [7, 11) is 0. The Bertz CT molecular complexity index is 696. The van der Waals surface area contributed by atoms with Crippen LogP contribution in [-0.4, -0.2) is 20.9 Å². The summed E-state index contributed by atoms with van der Waals surface area (Å²) in [6.07, 6.45) is -2.78. The summed E-state index contributed by atoms with van der Waals surface area (Å²) in [6.45, 7) is 3.30. The standard InChI is InChI=1S/C12H8ClF3N4O/c1-2-11(21)17-7-3-4-9(8(13)5-7)20-6-10(18-19-20)12(14,15)16/h2-6H,1H2,(H,17,21). The molecule has 1 N–H and O–H groups in total. The number of halogens is 4. The van der Waals surface area contributed by atoms with Crippen molar-refractivity contribution >= 4 is 23.2 Å². The van der Waals surface area contributed by atoms with Gasteiger partial charge in [0.05, 0.1) is 16.9 Å². The molecule has 0 fully saturated rings. The van der Waals surface area contributed by atoms with Crippen molar-refractivity contribution in [3.05, 3.63) is 47.8 Å². The molecule has 1 aromatic heterocycles. The van der Waals surface area contributed by atoms with Gasteiger partial charge in [-0.15, -0.1) is 5.10 Å². The van der Waals surface area contributed by atoms with Crippen molar-refractivity contribution in [3.8, 4) is 5.69 Å². The van der Waals surface area contributed by atoms with Gasteiger partial charge in [-0.2, -0.15) is 13.2 Å². The minimum absolute atomic E-state index is 0.107. The predicted octanol–water partition coefficient (Wildman–Crippen LogP) is 3.06. The van der Waals surface area contributed by atoms with Gasteiger partial charge in [0.25, 0.3) is 0 Å². The van der Waals surface area contributed by atoms with Crippen LogP contribution >= 0.6 is 11.6 Å². The van der Waals surface area contributed by atoms with E-state index < -0.39 is 17.8 Å². The molecule has 0 unspecified atom stereocenters. The molecule has 1 aromatic carbocycles. The smallest absolute Gasteiger partial charge is 0.322 e. The van der Waals surface area contributed by atoms with Gasteiger partial charge in [-0.1, -0.05) is 23.4 Å². The molecule has 1 amide bonds. The Kier molecular flexibility index (Phi) is 3.99. The molecule has 1 heterocycles. The van der Waals surface area contributed by atoms with Crippen LogP contribution < -0.4 is 5.32 Å². The lowest BCUT2D eigenvalue weighted by molar-refractivity contribution is -0.141. The molecule has 2 rings (SSSR count). The fourth-order valence-electron chi connectivity index (χ4n) is 1.48. The first kappa shape index (κ1) is 15.0. The van der Waals surface area contributed by atoms with E-state index in [0.29, 0.717) is 5.69 Å². The van der Waals surface area contributed by atoms with Gasteiger partial charge in [0, 0.05) is 5.69 Å². The number of carbonyl (C=O) groups excluding carboxylic acids is 1. The lowest BCUT2D eigenvalue weighted by Gasteiger charge is -2.07. The average molecular weight is 317 g/mol. The Morgan fingerprint density at radius 3 is 2.67 bits per heavy atom. The monoisotopic (exact) mass is 316 g/mol. The van der Waals surface area contributed by atoms with Gasteiger partial charge in [0.15, 0.2) is 5.69 Å². The summed E-state index contributed by atoms with van der Waals surface area (Å²) in [5, 5.41) is 9.00. The number of rotatable bonds is 3. The molecule has 0 saturated carbocycles. The molecule has 0 saturated heterocycles. The maximum Gasteiger partial charge on any atom is 0.436 e. The third-order valence-corrected chi connectivity index (χ3v) is 2.73. The molecule has 110 valence electrons. The molecule has 0 bridgehead atoms. The molecular formula is C12H8ClF3N4O. The Hall–Kier alpha value is -2.35. The summed E-state index contributed by atoms with van der Waals surface area (Å²) < 4.78 is 38.3. The van der Waals surface area contributed by atoms with E-state index in [4.69, 9.17) is 11.6 Å². The maximum atomic E-state index is 12.5. The number of nitrogens with one attached hydrogen (secondary N) is 1. The molecular weight excluding hydrogens is 309 g/mol. The first-order valence-electron chi connectivity index (χ1n) is 5.54. The normalized spacial score (nSPS) is 11.2. The quantitative estimate of drug-likeness (QED) is 0.885. The topological polar surface area (TPSA) is 59.8 Å². The van der Waals surface area contributed by atoms with E-state index >= 15 is 0 Å². The number of nitrogens with zero attached hydrogens (tertiary/aromatic N) is 3. The van der Waals surface area contributed by atoms with Crippen LogP contribution in [0, 0.1) is 0 Å². The van der Waals surface area contributed by atoms with Gasteiger partial charge < -0.3 is 5.32 Å². The second-order valence-electron chi connectivity index (χ2n) is 3.91. The van der Waals surface area contributed by atoms with Gasteiger partial charge in [0.1, 0.15) is 0 Å². The van der Waals surface area contributed by atoms with Gasteiger partial charge in [-0.3, -0.25) is 4.79 Å². The van der Waals surface area contributed by atoms with Crippen LogP contribution in [0.4, 0.5) is 18.9 Å². The lowest BCUT2D eigenvalue weighted by Crippen LogP contribution is -2.07. The number of hydrogen-bond donors (Lipinski definition) is 1. The fourth-order valence-corrected chi connectivity index (χ4v) is 1.74. The van der Waals surface area contributed by atoms with E-state index in [2.05, 4.69) is 22.2 Å². The zero-order valence-electron chi connectivity index (χ0n) is 10.4. The van der Waals surface area contributed by atoms with Crippen molar-refractivity contribution in [2.45, 2.75) is 6.18 Å². The van der Waals surface area contributed by atoms with Crippen LogP contribution in [0.1, 0.15) is 5.69 Å². The van der Waals surface area contributed by atoms with E-state index in [0.717, 1.165) is 17.0 Å². The zero-order valence-corrected chi connectivity index (χ0v) is 11.1. The maximum absolute atomic E-state index is 12.5. The van der Waals surface area contributed by atoms with E-state index in [1.54, 1.807) is 0 Å². The molecule has 0 spiro atoms. The van der Waals surface area contributed by atoms with Crippen LogP contribution in [-0.2, 0) is 11.0 Å². The molecule has 0 aliphatic carbocycles. The predicted molar refractivity (Wildman–Crippen MR) is 70.2 cm³/mol. The Labute approximate surface area is 122 Å². The highest BCUT2D eigenvalue weighted by atomic mass is 35.5. The molecule has 21 heavy (non-hydrogen) atoms. The first-order valence-corrected chi connectivity index (χ1v) is 5.92. The van der Waals surface area contributed by atoms with Gasteiger partial charge in [-0.25, -0.2) is 4.68 Å². The van der Waals surface area contributed by atoms with E-state index in [9.17, 15) is 18.0 Å². The largest absolute Gasteiger partial charge is 0.436 e. The van der Waals surface area contributed by atoms with Crippen LogP contribution in [0.2, 0.25) is 5.02 Å². The summed E-state index contributed by atoms with van der Waals surface area (Å²) in [5.74, 6) is -0.432. The van der Waals surface area contributed by atoms with E-state index in [1.807, 2.05) is 0 Å². The van der Waals surface area contributed by atoms with E-state index in [1.165, 1.54) is 18.2 Å². The number of anilines is 1. The number of hydrogen-bond acceptors (Lipinski definition) is 3. The van der Waals surface area contributed by atoms with Gasteiger partial charge in [-0.05, 0) is 24.3 Å². The Morgan fingerprint density at radius 2 is 2.14 bits per heavy atom.